The third kappa shape index (κ3) is 1.45. The zero-order chi connectivity index (χ0) is 5.82. The van der Waals surface area contributed by atoms with Gasteiger partial charge in [0, 0.05) is 5.38 Å². The van der Waals surface area contributed by atoms with Gasteiger partial charge in [-0.25, -0.2) is 0 Å². The van der Waals surface area contributed by atoms with E-state index < -0.39 is 0 Å². The summed E-state index contributed by atoms with van der Waals surface area (Å²) in [6, 6.07) is 0. The number of aromatic nitrogens is 2. The van der Waals surface area contributed by atoms with Crippen molar-refractivity contribution in [3.8, 4) is 0 Å². The first-order valence-corrected chi connectivity index (χ1v) is 3.95. The smallest absolute Gasteiger partial charge is 0.131 e. The van der Waals surface area contributed by atoms with Crippen molar-refractivity contribution in [2.24, 2.45) is 0 Å². The van der Waals surface area contributed by atoms with E-state index in [1.54, 1.807) is 11.8 Å². The highest BCUT2D eigenvalue weighted by Gasteiger charge is 1.90. The van der Waals surface area contributed by atoms with Crippen LogP contribution in [0.4, 0.5) is 0 Å². The van der Waals surface area contributed by atoms with Crippen LogP contribution in [0.5, 0.6) is 0 Å². The van der Waals surface area contributed by atoms with Crippen molar-refractivity contribution in [1.29, 1.82) is 0 Å². The highest BCUT2D eigenvalue weighted by Crippen LogP contribution is 2.13. The largest absolute Gasteiger partial charge is 0.132 e. The van der Waals surface area contributed by atoms with E-state index in [-0.39, 0.29) is 0 Å². The molecule has 0 bridgehead atoms. The van der Waals surface area contributed by atoms with E-state index in [0.29, 0.717) is 0 Å². The van der Waals surface area contributed by atoms with Gasteiger partial charge in [0.05, 0.1) is 0 Å². The van der Waals surface area contributed by atoms with Crippen LogP contribution < -0.4 is 0 Å². The fraction of sp³-hybridized carbons (Fsp3) is 0.250. The van der Waals surface area contributed by atoms with E-state index in [2.05, 4.69) is 16.5 Å². The normalized spacial score (nSPS) is 9.62. The number of hydrogen-bond donors (Lipinski definition) is 0. The van der Waals surface area contributed by atoms with E-state index in [1.807, 2.05) is 5.38 Å². The molecule has 1 heterocycles. The Morgan fingerprint density at radius 3 is 3.25 bits per heavy atom. The molecule has 1 aromatic heterocycles. The van der Waals surface area contributed by atoms with Crippen molar-refractivity contribution in [2.75, 3.05) is 5.75 Å². The van der Waals surface area contributed by atoms with E-state index in [0.717, 1.165) is 10.8 Å². The number of hydrogen-bond acceptors (Lipinski definition) is 4. The maximum absolute atomic E-state index is 3.80. The number of rotatable bonds is 2. The van der Waals surface area contributed by atoms with Gasteiger partial charge < -0.3 is 0 Å². The summed E-state index contributed by atoms with van der Waals surface area (Å²) < 4.78 is 3.68. The third-order valence-electron chi connectivity index (χ3n) is 0.590. The Morgan fingerprint density at radius 1 is 1.88 bits per heavy atom. The van der Waals surface area contributed by atoms with Crippen LogP contribution in [0.25, 0.3) is 0 Å². The summed E-state index contributed by atoms with van der Waals surface area (Å²) in [6.45, 7) is 3.66. The molecule has 1 rings (SSSR count). The highest BCUT2D eigenvalue weighted by molar-refractivity contribution is 7.99. The first-order valence-electron chi connectivity index (χ1n) is 2.12. The molecular weight excluding hydrogens is 140 g/mol. The molecule has 8 heavy (non-hydrogen) atoms. The van der Waals surface area contributed by atoms with Crippen molar-refractivity contribution in [3.63, 3.8) is 0 Å². The maximum Gasteiger partial charge on any atom is 0.131 e. The van der Waals surface area contributed by atoms with Crippen LogP contribution in [0.1, 0.15) is 0 Å². The van der Waals surface area contributed by atoms with Crippen LogP contribution in [0.2, 0.25) is 0 Å². The minimum Gasteiger partial charge on any atom is -0.132 e. The molecule has 2 nitrogen and oxygen atoms in total. The van der Waals surface area contributed by atoms with E-state index >= 15 is 0 Å². The van der Waals surface area contributed by atoms with Gasteiger partial charge in [0.2, 0.25) is 0 Å². The average Bonchev–Trinajstić information content (AvgIpc) is 2.19. The molecule has 1 aromatic rings. The Balaban J connectivity index is 2.50. The zero-order valence-corrected chi connectivity index (χ0v) is 5.84. The maximum atomic E-state index is 3.80. The second-order valence-electron chi connectivity index (χ2n) is 1.09. The fourth-order valence-corrected chi connectivity index (χ4v) is 1.40. The average molecular weight is 145 g/mol. The van der Waals surface area contributed by atoms with Gasteiger partial charge >= 0.3 is 0 Å². The van der Waals surface area contributed by atoms with Gasteiger partial charge in [-0.1, -0.05) is 4.49 Å². The zero-order valence-electron chi connectivity index (χ0n) is 4.20. The molecule has 0 unspecified atom stereocenters. The van der Waals surface area contributed by atoms with E-state index in [1.165, 1.54) is 11.5 Å². The lowest BCUT2D eigenvalue weighted by Gasteiger charge is -1.82. The summed E-state index contributed by atoms with van der Waals surface area (Å²) in [5.74, 6) is 0.825. The van der Waals surface area contributed by atoms with Gasteiger partial charge in [0.25, 0.3) is 0 Å². The van der Waals surface area contributed by atoms with Gasteiger partial charge in [0.15, 0.2) is 0 Å². The minimum absolute atomic E-state index is 0.825. The fourth-order valence-electron chi connectivity index (χ4n) is 0.323. The molecule has 4 heteroatoms. The molecule has 0 aliphatic carbocycles. The summed E-state index contributed by atoms with van der Waals surface area (Å²) in [4.78, 5) is 0. The quantitative estimate of drug-likeness (QED) is 0.589. The van der Waals surface area contributed by atoms with E-state index in [4.69, 9.17) is 0 Å². The van der Waals surface area contributed by atoms with Crippen LogP contribution in [0, 0.1) is 6.92 Å². The van der Waals surface area contributed by atoms with Crippen LogP contribution in [0.15, 0.2) is 10.4 Å². The lowest BCUT2D eigenvalue weighted by atomic mass is 11.0. The van der Waals surface area contributed by atoms with Crippen LogP contribution in [0.3, 0.4) is 0 Å². The monoisotopic (exact) mass is 145 g/mol. The highest BCUT2D eigenvalue weighted by atomic mass is 32.2. The topological polar surface area (TPSA) is 25.8 Å². The molecule has 0 saturated heterocycles. The standard InChI is InChI=1S/C4H5N2S2/c1-2-7-4-3-8-6-5-4/h3H,1-2H2. The van der Waals surface area contributed by atoms with Gasteiger partial charge in [0.1, 0.15) is 5.03 Å². The van der Waals surface area contributed by atoms with Crippen molar-refractivity contribution >= 4 is 23.3 Å². The molecular formula is C4H5N2S2. The summed E-state index contributed by atoms with van der Waals surface area (Å²) in [6.07, 6.45) is 0. The first kappa shape index (κ1) is 6.04. The predicted molar refractivity (Wildman–Crippen MR) is 36.0 cm³/mol. The molecule has 0 aliphatic rings. The molecule has 0 aromatic carbocycles. The molecule has 0 spiro atoms. The number of thioether (sulfide) groups is 1. The molecule has 0 saturated carbocycles. The lowest BCUT2D eigenvalue weighted by molar-refractivity contribution is 1.04. The lowest BCUT2D eigenvalue weighted by Crippen LogP contribution is -1.70. The number of nitrogens with zero attached hydrogens (tertiary/aromatic N) is 2. The second kappa shape index (κ2) is 3.04. The van der Waals surface area contributed by atoms with Crippen molar-refractivity contribution in [3.05, 3.63) is 12.3 Å². The van der Waals surface area contributed by atoms with Crippen LogP contribution >= 0.6 is 23.3 Å². The Morgan fingerprint density at radius 2 is 2.75 bits per heavy atom. The summed E-state index contributed by atoms with van der Waals surface area (Å²) in [5, 5.41) is 6.69. The van der Waals surface area contributed by atoms with Gasteiger partial charge in [-0.2, -0.15) is 0 Å². The van der Waals surface area contributed by atoms with Gasteiger partial charge in [-0.3, -0.25) is 0 Å². The minimum atomic E-state index is 0.825. The van der Waals surface area contributed by atoms with Crippen molar-refractivity contribution in [2.45, 2.75) is 5.03 Å². The molecule has 0 atom stereocenters. The molecule has 0 fully saturated rings. The Hall–Kier alpha value is -0.0900. The van der Waals surface area contributed by atoms with Gasteiger partial charge in [-0.15, -0.1) is 16.9 Å². The molecule has 0 amide bonds. The van der Waals surface area contributed by atoms with E-state index in [9.17, 15) is 0 Å². The van der Waals surface area contributed by atoms with Gasteiger partial charge in [-0.05, 0) is 24.2 Å². The van der Waals surface area contributed by atoms with Crippen molar-refractivity contribution in [1.82, 2.24) is 9.59 Å². The van der Waals surface area contributed by atoms with Crippen molar-refractivity contribution < 1.29 is 0 Å². The summed E-state index contributed by atoms with van der Waals surface area (Å²) >= 11 is 2.98. The second-order valence-corrected chi connectivity index (χ2v) is 2.82. The molecule has 1 radical (unpaired) electrons. The SMILES string of the molecule is [CH2]CSc1csnn1. The Bertz CT molecular complexity index is 138. The molecule has 43 valence electrons. The summed E-state index contributed by atoms with van der Waals surface area (Å²) in [5.41, 5.74) is 0. The summed E-state index contributed by atoms with van der Waals surface area (Å²) in [7, 11) is 0. The Kier molecular flexibility index (Phi) is 2.29. The van der Waals surface area contributed by atoms with Crippen LogP contribution in [-0.2, 0) is 0 Å². The van der Waals surface area contributed by atoms with Crippen LogP contribution in [-0.4, -0.2) is 15.3 Å². The predicted octanol–water partition coefficient (Wildman–Crippen LogP) is 1.46. The molecule has 0 N–H and O–H groups in total. The third-order valence-corrected chi connectivity index (χ3v) is 1.94. The first-order chi connectivity index (χ1) is 3.93. The Labute approximate surface area is 56.5 Å². The molecule has 0 aliphatic heterocycles.